The van der Waals surface area contributed by atoms with Crippen molar-refractivity contribution in [2.45, 2.75) is 31.4 Å². The predicted molar refractivity (Wildman–Crippen MR) is 84.8 cm³/mol. The van der Waals surface area contributed by atoms with E-state index in [2.05, 4.69) is 5.32 Å². The molecule has 2 atom stereocenters. The minimum Gasteiger partial charge on any atom is -0.391 e. The van der Waals surface area contributed by atoms with Crippen molar-refractivity contribution in [3.63, 3.8) is 0 Å². The van der Waals surface area contributed by atoms with Crippen LogP contribution < -0.4 is 10.2 Å². The van der Waals surface area contributed by atoms with Crippen LogP contribution in [0.1, 0.15) is 19.3 Å². The summed E-state index contributed by atoms with van der Waals surface area (Å²) in [6.45, 7) is 2.44. The fraction of sp³-hybridized carbons (Fsp3) is 0.588. The molecule has 2 amide bonds. The summed E-state index contributed by atoms with van der Waals surface area (Å²) in [7, 11) is 0. The van der Waals surface area contributed by atoms with Crippen molar-refractivity contribution >= 4 is 11.7 Å². The molecule has 23 heavy (non-hydrogen) atoms. The first-order valence-corrected chi connectivity index (χ1v) is 8.30. The summed E-state index contributed by atoms with van der Waals surface area (Å²) < 4.78 is 13.8. The lowest BCUT2D eigenvalue weighted by molar-refractivity contribution is 0.131. The fourth-order valence-electron chi connectivity index (χ4n) is 3.83. The summed E-state index contributed by atoms with van der Waals surface area (Å²) in [6.07, 6.45) is 2.46. The molecule has 1 aliphatic carbocycles. The van der Waals surface area contributed by atoms with Crippen molar-refractivity contribution in [1.82, 2.24) is 10.2 Å². The lowest BCUT2D eigenvalue weighted by atomic mass is 10.0. The van der Waals surface area contributed by atoms with Gasteiger partial charge in [0.05, 0.1) is 11.8 Å². The van der Waals surface area contributed by atoms with Crippen molar-refractivity contribution in [2.75, 3.05) is 31.1 Å². The number of β-amino-alcohol motifs (C(OH)–C–C–N with tert-alkyl or cyclic N) is 1. The molecule has 5 nitrogen and oxygen atoms in total. The summed E-state index contributed by atoms with van der Waals surface area (Å²) in [5.41, 5.74) is 0.574. The molecule has 3 aliphatic rings. The molecule has 6 heteroatoms. The van der Waals surface area contributed by atoms with Crippen LogP contribution in [0.25, 0.3) is 0 Å². The first kappa shape index (κ1) is 14.8. The van der Waals surface area contributed by atoms with Gasteiger partial charge in [-0.2, -0.15) is 0 Å². The van der Waals surface area contributed by atoms with Crippen LogP contribution in [0.3, 0.4) is 0 Å². The molecule has 2 unspecified atom stereocenters. The molecule has 4 rings (SSSR count). The van der Waals surface area contributed by atoms with Gasteiger partial charge in [-0.3, -0.25) is 0 Å². The Morgan fingerprint density at radius 3 is 2.78 bits per heavy atom. The number of halogens is 1. The number of urea groups is 1. The summed E-state index contributed by atoms with van der Waals surface area (Å²) in [5.74, 6) is -0.224. The van der Waals surface area contributed by atoms with Crippen molar-refractivity contribution in [3.05, 3.63) is 30.1 Å². The van der Waals surface area contributed by atoms with Crippen LogP contribution in [-0.4, -0.2) is 54.4 Å². The number of carbonyl (C=O) groups excluding carboxylic acids is 1. The number of para-hydroxylation sites is 1. The number of rotatable bonds is 2. The second-order valence-electron chi connectivity index (χ2n) is 7.09. The van der Waals surface area contributed by atoms with Crippen LogP contribution in [-0.2, 0) is 0 Å². The van der Waals surface area contributed by atoms with Crippen molar-refractivity contribution < 1.29 is 14.3 Å². The van der Waals surface area contributed by atoms with Crippen LogP contribution >= 0.6 is 0 Å². The first-order chi connectivity index (χ1) is 11.1. The number of nitrogens with one attached hydrogen (secondary N) is 1. The van der Waals surface area contributed by atoms with Gasteiger partial charge in [0, 0.05) is 37.6 Å². The van der Waals surface area contributed by atoms with E-state index in [1.807, 2.05) is 11.0 Å². The van der Waals surface area contributed by atoms with E-state index in [0.717, 1.165) is 25.8 Å². The zero-order valence-corrected chi connectivity index (χ0v) is 13.0. The molecular weight excluding hydrogens is 297 g/mol. The van der Waals surface area contributed by atoms with Crippen molar-refractivity contribution in [2.24, 2.45) is 5.41 Å². The smallest absolute Gasteiger partial charge is 0.317 e. The van der Waals surface area contributed by atoms with Gasteiger partial charge < -0.3 is 20.2 Å². The number of benzene rings is 1. The standard InChI is InChI=1S/C17H22FN3O2/c18-13-3-1-2-4-14(13)20-8-5-12(9-20)19-16(23)21-10-15(22)17(11-21)6-7-17/h1-4,12,15,22H,5-11H2,(H,19,23). The van der Waals surface area contributed by atoms with Gasteiger partial charge in [0.15, 0.2) is 0 Å². The largest absolute Gasteiger partial charge is 0.391 e. The highest BCUT2D eigenvalue weighted by Gasteiger charge is 2.55. The Bertz CT molecular complexity index is 620. The van der Waals surface area contributed by atoms with E-state index in [1.54, 1.807) is 17.0 Å². The van der Waals surface area contributed by atoms with Crippen LogP contribution in [0.15, 0.2) is 24.3 Å². The molecule has 124 valence electrons. The molecule has 0 bridgehead atoms. The lowest BCUT2D eigenvalue weighted by Gasteiger charge is -2.22. The van der Waals surface area contributed by atoms with Crippen LogP contribution in [0, 0.1) is 11.2 Å². The molecule has 1 saturated carbocycles. The quantitative estimate of drug-likeness (QED) is 0.870. The third kappa shape index (κ3) is 2.65. The number of nitrogens with zero attached hydrogens (tertiary/aromatic N) is 2. The monoisotopic (exact) mass is 319 g/mol. The number of aliphatic hydroxyl groups is 1. The molecule has 2 saturated heterocycles. The Balaban J connectivity index is 1.34. The third-order valence-corrected chi connectivity index (χ3v) is 5.49. The zero-order valence-electron chi connectivity index (χ0n) is 13.0. The molecule has 1 spiro atoms. The number of amides is 2. The SMILES string of the molecule is O=C(NC1CCN(c2ccccc2F)C1)N1CC(O)C2(CC2)C1. The Hall–Kier alpha value is -1.82. The van der Waals surface area contributed by atoms with E-state index in [1.165, 1.54) is 6.07 Å². The van der Waals surface area contributed by atoms with Gasteiger partial charge in [0.25, 0.3) is 0 Å². The molecule has 0 aromatic heterocycles. The average molecular weight is 319 g/mol. The predicted octanol–water partition coefficient (Wildman–Crippen LogP) is 1.57. The summed E-state index contributed by atoms with van der Waals surface area (Å²) >= 11 is 0. The maximum absolute atomic E-state index is 13.8. The number of likely N-dealkylation sites (tertiary alicyclic amines) is 1. The second-order valence-corrected chi connectivity index (χ2v) is 7.09. The number of carbonyl (C=O) groups is 1. The summed E-state index contributed by atoms with van der Waals surface area (Å²) in [5, 5.41) is 13.1. The van der Waals surface area contributed by atoms with Gasteiger partial charge >= 0.3 is 6.03 Å². The summed E-state index contributed by atoms with van der Waals surface area (Å²) in [6, 6.07) is 6.66. The molecule has 3 fully saturated rings. The Labute approximate surface area is 135 Å². The maximum atomic E-state index is 13.8. The van der Waals surface area contributed by atoms with Crippen molar-refractivity contribution in [1.29, 1.82) is 0 Å². The van der Waals surface area contributed by atoms with E-state index < -0.39 is 0 Å². The molecule has 2 aliphatic heterocycles. The highest BCUT2D eigenvalue weighted by atomic mass is 19.1. The van der Waals surface area contributed by atoms with Gasteiger partial charge in [-0.05, 0) is 31.4 Å². The van der Waals surface area contributed by atoms with Crippen LogP contribution in [0.2, 0.25) is 0 Å². The third-order valence-electron chi connectivity index (χ3n) is 5.49. The molecule has 2 N–H and O–H groups in total. The van der Waals surface area contributed by atoms with E-state index in [4.69, 9.17) is 0 Å². The highest BCUT2D eigenvalue weighted by Crippen LogP contribution is 2.52. The van der Waals surface area contributed by atoms with E-state index in [9.17, 15) is 14.3 Å². The van der Waals surface area contributed by atoms with E-state index in [-0.39, 0.29) is 29.4 Å². The minimum absolute atomic E-state index is 0.0216. The van der Waals surface area contributed by atoms with Gasteiger partial charge in [-0.25, -0.2) is 9.18 Å². The topological polar surface area (TPSA) is 55.8 Å². The second kappa shape index (κ2) is 5.37. The average Bonchev–Trinajstić information content (AvgIpc) is 3.04. The number of anilines is 1. The Morgan fingerprint density at radius 1 is 1.30 bits per heavy atom. The van der Waals surface area contributed by atoms with Gasteiger partial charge in [0.2, 0.25) is 0 Å². The highest BCUT2D eigenvalue weighted by molar-refractivity contribution is 5.75. The van der Waals surface area contributed by atoms with Gasteiger partial charge in [-0.15, -0.1) is 0 Å². The molecule has 0 radical (unpaired) electrons. The molecule has 1 aromatic carbocycles. The van der Waals surface area contributed by atoms with Gasteiger partial charge in [0.1, 0.15) is 5.82 Å². The van der Waals surface area contributed by atoms with Crippen molar-refractivity contribution in [3.8, 4) is 0 Å². The fourth-order valence-corrected chi connectivity index (χ4v) is 3.83. The molecule has 1 aromatic rings. The number of hydrogen-bond acceptors (Lipinski definition) is 3. The Kier molecular flexibility index (Phi) is 3.44. The van der Waals surface area contributed by atoms with Gasteiger partial charge in [-0.1, -0.05) is 12.1 Å². The maximum Gasteiger partial charge on any atom is 0.317 e. The number of aliphatic hydroxyl groups excluding tert-OH is 1. The summed E-state index contributed by atoms with van der Waals surface area (Å²) in [4.78, 5) is 16.1. The Morgan fingerprint density at radius 2 is 2.09 bits per heavy atom. The molecular formula is C17H22FN3O2. The number of hydrogen-bond donors (Lipinski definition) is 2. The first-order valence-electron chi connectivity index (χ1n) is 8.30. The lowest BCUT2D eigenvalue weighted by Crippen LogP contribution is -2.45. The zero-order chi connectivity index (χ0) is 16.0. The van der Waals surface area contributed by atoms with Crippen LogP contribution in [0.5, 0.6) is 0 Å². The minimum atomic E-state index is -0.383. The van der Waals surface area contributed by atoms with E-state index in [0.29, 0.717) is 25.3 Å². The normalized spacial score (nSPS) is 28.4. The van der Waals surface area contributed by atoms with E-state index >= 15 is 0 Å². The molecule has 2 heterocycles. The van der Waals surface area contributed by atoms with Crippen LogP contribution in [0.4, 0.5) is 14.9 Å².